The molecule has 0 bridgehead atoms. The second-order valence-electron chi connectivity index (χ2n) is 6.07. The molecule has 0 unspecified atom stereocenters. The van der Waals surface area contributed by atoms with Crippen molar-refractivity contribution in [2.45, 2.75) is 32.5 Å². The third kappa shape index (κ3) is 5.32. The molecule has 0 spiro atoms. The van der Waals surface area contributed by atoms with E-state index in [0.717, 1.165) is 6.54 Å². The Balaban J connectivity index is 1.85. The molecule has 1 fully saturated rings. The fourth-order valence-electron chi connectivity index (χ4n) is 2.67. The predicted octanol–water partition coefficient (Wildman–Crippen LogP) is 3.49. The van der Waals surface area contributed by atoms with Gasteiger partial charge in [-0.25, -0.2) is 0 Å². The van der Waals surface area contributed by atoms with Crippen molar-refractivity contribution in [1.82, 2.24) is 9.80 Å². The molecule has 0 N–H and O–H groups in total. The number of hydrogen-bond donors (Lipinski definition) is 0. The van der Waals surface area contributed by atoms with Gasteiger partial charge in [-0.05, 0) is 17.0 Å². The Hall–Kier alpha value is -1.07. The van der Waals surface area contributed by atoms with E-state index in [-0.39, 0.29) is 0 Å². The van der Waals surface area contributed by atoms with Gasteiger partial charge in [-0.2, -0.15) is 13.2 Å². The van der Waals surface area contributed by atoms with Crippen LogP contribution in [0.25, 0.3) is 0 Å². The smallest absolute Gasteiger partial charge is 0.297 e. The Bertz CT molecular complexity index is 449. The maximum Gasteiger partial charge on any atom is 0.401 e. The molecule has 0 radical (unpaired) electrons. The quantitative estimate of drug-likeness (QED) is 0.840. The first-order valence-electron chi connectivity index (χ1n) is 7.44. The minimum atomic E-state index is -4.09. The van der Waals surface area contributed by atoms with E-state index >= 15 is 0 Å². The van der Waals surface area contributed by atoms with E-state index in [0.29, 0.717) is 32.1 Å². The molecule has 1 aromatic rings. The molecule has 1 aliphatic rings. The van der Waals surface area contributed by atoms with Gasteiger partial charge in [0.15, 0.2) is 0 Å². The number of benzene rings is 1. The summed E-state index contributed by atoms with van der Waals surface area (Å²) in [6.07, 6.45) is -4.09. The SMILES string of the molecule is CC(C)c1cccc(CN2CCN(CC(F)(F)F)CC2)c1. The van der Waals surface area contributed by atoms with Gasteiger partial charge in [-0.3, -0.25) is 9.80 Å². The molecule has 0 amide bonds. The molecule has 1 aromatic carbocycles. The zero-order valence-electron chi connectivity index (χ0n) is 12.7. The Morgan fingerprint density at radius 2 is 1.67 bits per heavy atom. The lowest BCUT2D eigenvalue weighted by molar-refractivity contribution is -0.149. The van der Waals surface area contributed by atoms with Crippen LogP contribution in [-0.2, 0) is 6.54 Å². The molecule has 1 aliphatic heterocycles. The number of hydrogen-bond acceptors (Lipinski definition) is 2. The highest BCUT2D eigenvalue weighted by molar-refractivity contribution is 5.25. The Kier molecular flexibility index (Phi) is 5.27. The fraction of sp³-hybridized carbons (Fsp3) is 0.625. The van der Waals surface area contributed by atoms with Crippen LogP contribution >= 0.6 is 0 Å². The van der Waals surface area contributed by atoms with E-state index in [1.165, 1.54) is 16.0 Å². The van der Waals surface area contributed by atoms with Crippen molar-refractivity contribution in [2.75, 3.05) is 32.7 Å². The Morgan fingerprint density at radius 3 is 2.24 bits per heavy atom. The van der Waals surface area contributed by atoms with Gasteiger partial charge in [-0.15, -0.1) is 0 Å². The van der Waals surface area contributed by atoms with Crippen LogP contribution < -0.4 is 0 Å². The van der Waals surface area contributed by atoms with Gasteiger partial charge >= 0.3 is 6.18 Å². The summed E-state index contributed by atoms with van der Waals surface area (Å²) in [4.78, 5) is 3.72. The zero-order chi connectivity index (χ0) is 15.5. The Morgan fingerprint density at radius 1 is 1.05 bits per heavy atom. The van der Waals surface area contributed by atoms with Gasteiger partial charge in [0.05, 0.1) is 6.54 Å². The van der Waals surface area contributed by atoms with Crippen LogP contribution in [0.1, 0.15) is 30.9 Å². The molecule has 5 heteroatoms. The van der Waals surface area contributed by atoms with Gasteiger partial charge in [0, 0.05) is 32.7 Å². The van der Waals surface area contributed by atoms with Crippen LogP contribution in [-0.4, -0.2) is 48.7 Å². The third-order valence-corrected chi connectivity index (χ3v) is 3.89. The van der Waals surface area contributed by atoms with Crippen molar-refractivity contribution in [1.29, 1.82) is 0 Å². The lowest BCUT2D eigenvalue weighted by Gasteiger charge is -2.35. The molecule has 118 valence electrons. The minimum absolute atomic E-state index is 0.489. The number of nitrogens with zero attached hydrogens (tertiary/aromatic N) is 2. The molecule has 2 rings (SSSR count). The summed E-state index contributed by atoms with van der Waals surface area (Å²) in [6.45, 7) is 6.73. The average Bonchev–Trinajstić information content (AvgIpc) is 2.40. The third-order valence-electron chi connectivity index (χ3n) is 3.89. The number of piperazine rings is 1. The highest BCUT2D eigenvalue weighted by atomic mass is 19.4. The van der Waals surface area contributed by atoms with E-state index in [2.05, 4.69) is 43.0 Å². The van der Waals surface area contributed by atoms with Gasteiger partial charge in [0.1, 0.15) is 0 Å². The summed E-state index contributed by atoms with van der Waals surface area (Å²) in [5, 5.41) is 0. The van der Waals surface area contributed by atoms with Crippen LogP contribution in [0, 0.1) is 0 Å². The summed E-state index contributed by atoms with van der Waals surface area (Å²) in [6, 6.07) is 8.47. The maximum absolute atomic E-state index is 12.3. The fourth-order valence-corrected chi connectivity index (χ4v) is 2.67. The molecule has 0 aliphatic carbocycles. The monoisotopic (exact) mass is 300 g/mol. The van der Waals surface area contributed by atoms with E-state index in [1.54, 1.807) is 0 Å². The van der Waals surface area contributed by atoms with Gasteiger partial charge in [0.2, 0.25) is 0 Å². The Labute approximate surface area is 124 Å². The summed E-state index contributed by atoms with van der Waals surface area (Å²) in [7, 11) is 0. The second kappa shape index (κ2) is 6.79. The van der Waals surface area contributed by atoms with Crippen LogP contribution in [0.2, 0.25) is 0 Å². The lowest BCUT2D eigenvalue weighted by Crippen LogP contribution is -2.48. The molecule has 0 atom stereocenters. The van der Waals surface area contributed by atoms with E-state index in [9.17, 15) is 13.2 Å². The van der Waals surface area contributed by atoms with E-state index < -0.39 is 12.7 Å². The predicted molar refractivity (Wildman–Crippen MR) is 78.3 cm³/mol. The van der Waals surface area contributed by atoms with Crippen molar-refractivity contribution in [2.24, 2.45) is 0 Å². The highest BCUT2D eigenvalue weighted by Crippen LogP contribution is 2.19. The first kappa shape index (κ1) is 16.3. The van der Waals surface area contributed by atoms with Crippen molar-refractivity contribution in [3.63, 3.8) is 0 Å². The van der Waals surface area contributed by atoms with E-state index in [1.807, 2.05) is 0 Å². The summed E-state index contributed by atoms with van der Waals surface area (Å²) in [5.41, 5.74) is 2.55. The minimum Gasteiger partial charge on any atom is -0.297 e. The highest BCUT2D eigenvalue weighted by Gasteiger charge is 2.32. The molecule has 0 saturated carbocycles. The number of halogens is 3. The molecule has 1 saturated heterocycles. The summed E-state index contributed by atoms with van der Waals surface area (Å²) < 4.78 is 37.0. The molecule has 0 aromatic heterocycles. The molecular weight excluding hydrogens is 277 g/mol. The summed E-state index contributed by atoms with van der Waals surface area (Å²) >= 11 is 0. The first-order valence-corrected chi connectivity index (χ1v) is 7.44. The second-order valence-corrected chi connectivity index (χ2v) is 6.07. The number of rotatable bonds is 4. The van der Waals surface area contributed by atoms with Crippen molar-refractivity contribution in [3.8, 4) is 0 Å². The van der Waals surface area contributed by atoms with Gasteiger partial charge < -0.3 is 0 Å². The maximum atomic E-state index is 12.3. The van der Waals surface area contributed by atoms with Crippen LogP contribution in [0.4, 0.5) is 13.2 Å². The van der Waals surface area contributed by atoms with E-state index in [4.69, 9.17) is 0 Å². The molecule has 1 heterocycles. The van der Waals surface area contributed by atoms with Crippen molar-refractivity contribution < 1.29 is 13.2 Å². The average molecular weight is 300 g/mol. The van der Waals surface area contributed by atoms with Gasteiger partial charge in [-0.1, -0.05) is 38.1 Å². The summed E-state index contributed by atoms with van der Waals surface area (Å²) in [5.74, 6) is 0.494. The molecule has 2 nitrogen and oxygen atoms in total. The largest absolute Gasteiger partial charge is 0.401 e. The number of alkyl halides is 3. The van der Waals surface area contributed by atoms with Crippen molar-refractivity contribution >= 4 is 0 Å². The van der Waals surface area contributed by atoms with Crippen LogP contribution in [0.3, 0.4) is 0 Å². The zero-order valence-corrected chi connectivity index (χ0v) is 12.7. The van der Waals surface area contributed by atoms with Crippen LogP contribution in [0.15, 0.2) is 24.3 Å². The topological polar surface area (TPSA) is 6.48 Å². The van der Waals surface area contributed by atoms with Gasteiger partial charge in [0.25, 0.3) is 0 Å². The molecule has 21 heavy (non-hydrogen) atoms. The van der Waals surface area contributed by atoms with Crippen LogP contribution in [0.5, 0.6) is 0 Å². The normalized spacial score (nSPS) is 18.4. The first-order chi connectivity index (χ1) is 9.83. The molecular formula is C16H23F3N2. The van der Waals surface area contributed by atoms with Crippen molar-refractivity contribution in [3.05, 3.63) is 35.4 Å². The lowest BCUT2D eigenvalue weighted by atomic mass is 10.0. The standard InChI is InChI=1S/C16H23F3N2/c1-13(2)15-5-3-4-14(10-15)11-20-6-8-21(9-7-20)12-16(17,18)19/h3-5,10,13H,6-9,11-12H2,1-2H3.